The van der Waals surface area contributed by atoms with E-state index < -0.39 is 97.4 Å². The van der Waals surface area contributed by atoms with Gasteiger partial charge in [-0.15, -0.1) is 0 Å². The van der Waals surface area contributed by atoms with Crippen molar-refractivity contribution in [1.82, 2.24) is 39.2 Å². The number of nitrogens with zero attached hydrogens (tertiary/aromatic N) is 8. The van der Waals surface area contributed by atoms with Gasteiger partial charge in [-0.1, -0.05) is 42.5 Å². The maximum Gasteiger partial charge on any atom is 0.425 e. The number of likely N-dealkylation sites (tertiary alicyclic amines) is 8. The predicted octanol–water partition coefficient (Wildman–Crippen LogP) is 17.9. The number of benzene rings is 4. The molecule has 8 fully saturated rings. The SMILES string of the molecule is Cc1cc(CN2CCCC23CCN(C(=O)OC(C)C(F)(F)F)CC3)cc(NCCCC(=O)O)c1.Cc1ccc(CN2CC3CN(C(=O)OC(C)C(F)(F)F)CC3C2)c(NCCCC(=O)O)c1.Cc1ccc(CN2CCC3(CCN(C(=O)OC(C)C(F)(F)F)CC3)C2)c(NCCCC(=O)O)c1.Cc1ccc(CN2CCCC23CCN(C(=O)OC(C)C(F)(F)F)CC3)c(NCCCC(=O)O)c1. The summed E-state index contributed by atoms with van der Waals surface area (Å²) in [6.45, 7) is 25.0. The highest BCUT2D eigenvalue weighted by Crippen LogP contribution is 2.45. The van der Waals surface area contributed by atoms with Crippen LogP contribution in [-0.2, 0) is 64.3 Å². The Labute approximate surface area is 774 Å². The Balaban J connectivity index is 0.000000201. The van der Waals surface area contributed by atoms with Gasteiger partial charge >= 0.3 is 73.0 Å². The average Bonchev–Trinajstić information content (AvgIpc) is 1.61. The second-order valence-corrected chi connectivity index (χ2v) is 37.2. The number of carboxylic acid groups (broad SMARTS) is 4. The minimum Gasteiger partial charge on any atom is -0.481 e. The van der Waals surface area contributed by atoms with Crippen LogP contribution in [0, 0.1) is 44.9 Å². The molecule has 0 saturated carbocycles. The number of fused-ring (bicyclic) bond motifs is 1. The quantitative estimate of drug-likeness (QED) is 0.0128. The van der Waals surface area contributed by atoms with Crippen LogP contribution >= 0.6 is 0 Å². The maximum atomic E-state index is 12.7. The Hall–Kier alpha value is -9.96. The lowest BCUT2D eigenvalue weighted by Gasteiger charge is -2.45. The van der Waals surface area contributed by atoms with Crippen LogP contribution in [0.25, 0.3) is 0 Å². The third-order valence-electron chi connectivity index (χ3n) is 26.8. The van der Waals surface area contributed by atoms with Crippen molar-refractivity contribution in [1.29, 1.82) is 0 Å². The Kier molecular flexibility index (Phi) is 38.7. The van der Waals surface area contributed by atoms with Crippen LogP contribution in [0.4, 0.5) is 94.6 Å². The lowest BCUT2D eigenvalue weighted by atomic mass is 9.78. The summed E-state index contributed by atoms with van der Waals surface area (Å²) in [4.78, 5) is 107. The van der Waals surface area contributed by atoms with Gasteiger partial charge < -0.3 is 80.2 Å². The van der Waals surface area contributed by atoms with E-state index in [4.69, 9.17) is 20.4 Å². The summed E-state index contributed by atoms with van der Waals surface area (Å²) < 4.78 is 171. The van der Waals surface area contributed by atoms with E-state index in [0.29, 0.717) is 136 Å². The molecule has 4 aromatic carbocycles. The van der Waals surface area contributed by atoms with Crippen LogP contribution in [0.15, 0.2) is 72.8 Å². The Morgan fingerprint density at radius 1 is 0.366 bits per heavy atom. The minimum absolute atomic E-state index is 0.0617. The van der Waals surface area contributed by atoms with E-state index >= 15 is 0 Å². The topological polar surface area (TPSA) is 328 Å². The van der Waals surface area contributed by atoms with Gasteiger partial charge in [-0.25, -0.2) is 19.2 Å². The highest BCUT2D eigenvalue weighted by atomic mass is 19.4. The van der Waals surface area contributed by atoms with Gasteiger partial charge in [0.1, 0.15) is 0 Å². The van der Waals surface area contributed by atoms with Gasteiger partial charge in [-0.3, -0.25) is 38.8 Å². The van der Waals surface area contributed by atoms with Crippen molar-refractivity contribution in [2.24, 2.45) is 17.3 Å². The first kappa shape index (κ1) is 108. The van der Waals surface area contributed by atoms with Crippen LogP contribution in [-0.4, -0.2) is 286 Å². The van der Waals surface area contributed by atoms with Gasteiger partial charge in [0.05, 0.1) is 0 Å². The van der Waals surface area contributed by atoms with Crippen LogP contribution in [0.3, 0.4) is 0 Å². The van der Waals surface area contributed by atoms with Crippen LogP contribution in [0.2, 0.25) is 0 Å². The van der Waals surface area contributed by atoms with Gasteiger partial charge in [-0.2, -0.15) is 52.7 Å². The van der Waals surface area contributed by atoms with Crippen LogP contribution < -0.4 is 21.3 Å². The molecule has 8 saturated heterocycles. The van der Waals surface area contributed by atoms with Crippen molar-refractivity contribution >= 4 is 71.0 Å². The summed E-state index contributed by atoms with van der Waals surface area (Å²) in [5, 5.41) is 48.6. The molecule has 8 heterocycles. The van der Waals surface area contributed by atoms with Crippen molar-refractivity contribution in [3.8, 4) is 0 Å². The lowest BCUT2D eigenvalue weighted by Crippen LogP contribution is -2.53. The first-order valence-electron chi connectivity index (χ1n) is 46.2. The number of carboxylic acids is 4. The molecule has 40 heteroatoms. The third-order valence-corrected chi connectivity index (χ3v) is 26.8. The molecule has 6 atom stereocenters. The molecule has 3 spiro atoms. The van der Waals surface area contributed by atoms with Crippen molar-refractivity contribution in [3.63, 3.8) is 0 Å². The monoisotopic (exact) mass is 1910 g/mol. The fraction of sp³-hybridized carbons (Fsp3) is 0.660. The summed E-state index contributed by atoms with van der Waals surface area (Å²) in [6, 6.07) is 24.9. The number of carbonyl (C=O) groups excluding carboxylic acids is 4. The summed E-state index contributed by atoms with van der Waals surface area (Å²) in [6.07, 6.45) is -18.3. The molecule has 8 aliphatic heterocycles. The molecule has 748 valence electrons. The second-order valence-electron chi connectivity index (χ2n) is 37.2. The summed E-state index contributed by atoms with van der Waals surface area (Å²) in [7, 11) is 0. The number of carbonyl (C=O) groups is 8. The summed E-state index contributed by atoms with van der Waals surface area (Å²) in [5.41, 5.74) is 12.9. The number of nitrogens with one attached hydrogen (secondary N) is 4. The number of halogens is 12. The zero-order valence-corrected chi connectivity index (χ0v) is 77.7. The van der Waals surface area contributed by atoms with E-state index in [0.717, 1.165) is 199 Å². The molecule has 12 rings (SSSR count). The first-order chi connectivity index (χ1) is 63.0. The number of aryl methyl sites for hydroxylation is 4. The van der Waals surface area contributed by atoms with Gasteiger partial charge in [0.2, 0.25) is 0 Å². The molecule has 0 aromatic heterocycles. The molecule has 8 N–H and O–H groups in total. The smallest absolute Gasteiger partial charge is 0.425 e. The molecule has 28 nitrogen and oxygen atoms in total. The summed E-state index contributed by atoms with van der Waals surface area (Å²) >= 11 is 0. The predicted molar refractivity (Wildman–Crippen MR) is 477 cm³/mol. The number of anilines is 4. The van der Waals surface area contributed by atoms with Crippen molar-refractivity contribution in [2.45, 2.75) is 264 Å². The molecule has 4 aromatic rings. The van der Waals surface area contributed by atoms with Gasteiger partial charge in [0.25, 0.3) is 0 Å². The molecular weight excluding hydrogens is 1780 g/mol. The van der Waals surface area contributed by atoms with Crippen LogP contribution in [0.1, 0.15) is 194 Å². The van der Waals surface area contributed by atoms with Crippen molar-refractivity contribution in [3.05, 3.63) is 117 Å². The largest absolute Gasteiger partial charge is 0.481 e. The molecule has 134 heavy (non-hydrogen) atoms. The van der Waals surface area contributed by atoms with E-state index in [-0.39, 0.29) is 54.0 Å². The fourth-order valence-corrected chi connectivity index (χ4v) is 18.9. The third kappa shape index (κ3) is 32.6. The maximum absolute atomic E-state index is 12.7. The molecule has 8 aliphatic rings. The van der Waals surface area contributed by atoms with Crippen LogP contribution in [0.5, 0.6) is 0 Å². The van der Waals surface area contributed by atoms with E-state index in [2.05, 4.69) is 114 Å². The zero-order valence-electron chi connectivity index (χ0n) is 77.7. The molecule has 0 radical (unpaired) electrons. The van der Waals surface area contributed by atoms with Crippen molar-refractivity contribution < 1.29 is 130 Å². The number of ether oxygens (including phenoxy) is 4. The number of amides is 4. The van der Waals surface area contributed by atoms with Crippen molar-refractivity contribution in [2.75, 3.05) is 139 Å². The fourth-order valence-electron chi connectivity index (χ4n) is 18.9. The molecule has 4 amide bonds. The highest BCUT2D eigenvalue weighted by Gasteiger charge is 2.51. The zero-order chi connectivity index (χ0) is 98.3. The average molecular weight is 1910 g/mol. The Bertz CT molecular complexity index is 4550. The number of rotatable bonds is 32. The highest BCUT2D eigenvalue weighted by molar-refractivity contribution is 5.71. The Morgan fingerprint density at radius 3 is 1.04 bits per heavy atom. The number of hydrogen-bond acceptors (Lipinski definition) is 20. The molecule has 0 bridgehead atoms. The minimum atomic E-state index is -4.57. The lowest BCUT2D eigenvalue weighted by molar-refractivity contribution is -0.200. The summed E-state index contributed by atoms with van der Waals surface area (Å²) in [5.74, 6) is -2.82. The number of piperidine rings is 3. The first-order valence-corrected chi connectivity index (χ1v) is 46.2. The van der Waals surface area contributed by atoms with E-state index in [1.165, 1.54) is 19.6 Å². The molecule has 6 unspecified atom stereocenters. The van der Waals surface area contributed by atoms with E-state index in [1.807, 2.05) is 45.9 Å². The number of aliphatic carboxylic acids is 4. The standard InChI is InChI=1S/3C24H34F3N3O4.C22H30F3N3O4/c1-17-6-7-19(20(15-17)28-11-3-5-21(31)32)16-30-12-4-8-23(30)9-13-29(14-10-23)22(33)34-18(2)24(25,26)27;1-17-13-19(15-20(14-17)28-9-3-5-21(31)32)16-30-10-4-6-23(30)7-11-29(12-8-23)22(33)34-18(2)24(25,26)27;1-17-5-6-19(20(14-17)28-10-3-4-21(31)32)15-29-11-7-23(16-29)8-12-30(13-9-23)22(33)34-18(2)24(25,26)27;1-14-5-6-16(19(8-14)26-7-3-4-20(29)30)9-27-10-17-12-28(13-18(17)11-27)21(31)32-15(2)22(23,24)25/h6-7,15,18,28H,3-5,8-14,16H2,1-2H3,(H,31,32);13-15,18,28H,3-12,16H2,1-2H3,(H,31,32);5-6,14,18,28H,3-4,7-13,15-16H2,1-2H3,(H,31,32);5-6,8,15,17-18,26H,3-4,7,9-13H2,1-2H3,(H,29,30). The van der Waals surface area contributed by atoms with Gasteiger partial charge in [0.15, 0.2) is 24.4 Å². The van der Waals surface area contributed by atoms with E-state index in [1.54, 1.807) is 0 Å². The van der Waals surface area contributed by atoms with Gasteiger partial charge in [-0.05, 0) is 263 Å². The number of hydrogen-bond donors (Lipinski definition) is 8. The Morgan fingerprint density at radius 2 is 0.687 bits per heavy atom. The second kappa shape index (κ2) is 48.2. The molecular formula is C94H132F12N12O16. The number of alkyl halides is 12. The normalized spacial score (nSPS) is 19.9. The van der Waals surface area contributed by atoms with Gasteiger partial charge in [0, 0.05) is 184 Å². The molecule has 0 aliphatic carbocycles. The van der Waals surface area contributed by atoms with E-state index in [9.17, 15) is 91.0 Å².